The van der Waals surface area contributed by atoms with Gasteiger partial charge in [-0.3, -0.25) is 14.6 Å². The molecule has 0 saturated heterocycles. The van der Waals surface area contributed by atoms with E-state index in [0.29, 0.717) is 24.2 Å². The molecular formula is C22H18FN3O2. The van der Waals surface area contributed by atoms with E-state index in [4.69, 9.17) is 0 Å². The Morgan fingerprint density at radius 1 is 1.07 bits per heavy atom. The van der Waals surface area contributed by atoms with Crippen LogP contribution in [0.1, 0.15) is 37.4 Å². The molecule has 4 rings (SSSR count). The van der Waals surface area contributed by atoms with E-state index in [9.17, 15) is 14.0 Å². The number of halogens is 1. The van der Waals surface area contributed by atoms with Crippen LogP contribution in [-0.4, -0.2) is 21.7 Å². The zero-order valence-corrected chi connectivity index (χ0v) is 15.1. The summed E-state index contributed by atoms with van der Waals surface area (Å²) in [5.41, 5.74) is 3.36. The zero-order valence-electron chi connectivity index (χ0n) is 15.1. The Morgan fingerprint density at radius 3 is 2.64 bits per heavy atom. The molecule has 2 aromatic carbocycles. The van der Waals surface area contributed by atoms with E-state index in [2.05, 4.69) is 10.3 Å². The number of carbonyl (C=O) groups excluding carboxylic acids is 2. The second-order valence-corrected chi connectivity index (χ2v) is 6.67. The van der Waals surface area contributed by atoms with Crippen LogP contribution in [0.2, 0.25) is 0 Å². The summed E-state index contributed by atoms with van der Waals surface area (Å²) in [6.07, 6.45) is 3.42. The first-order chi connectivity index (χ1) is 13.6. The molecule has 0 unspecified atom stereocenters. The van der Waals surface area contributed by atoms with E-state index in [1.165, 1.54) is 12.1 Å². The summed E-state index contributed by atoms with van der Waals surface area (Å²) >= 11 is 0. The fourth-order valence-corrected chi connectivity index (χ4v) is 3.33. The first kappa shape index (κ1) is 17.9. The average Bonchev–Trinajstić information content (AvgIpc) is 3.03. The van der Waals surface area contributed by atoms with Gasteiger partial charge in [-0.15, -0.1) is 0 Å². The van der Waals surface area contributed by atoms with Gasteiger partial charge >= 0.3 is 0 Å². The van der Waals surface area contributed by atoms with E-state index in [1.54, 1.807) is 41.6 Å². The summed E-state index contributed by atoms with van der Waals surface area (Å²) < 4.78 is 13.0. The van der Waals surface area contributed by atoms with E-state index in [0.717, 1.165) is 16.7 Å². The van der Waals surface area contributed by atoms with Crippen molar-refractivity contribution in [3.63, 3.8) is 0 Å². The number of hydrogen-bond acceptors (Lipinski definition) is 3. The molecule has 140 valence electrons. The van der Waals surface area contributed by atoms with E-state index >= 15 is 0 Å². The van der Waals surface area contributed by atoms with Crippen molar-refractivity contribution in [2.75, 3.05) is 0 Å². The maximum atomic E-state index is 13.0. The van der Waals surface area contributed by atoms with Crippen LogP contribution in [0.25, 0.3) is 0 Å². The van der Waals surface area contributed by atoms with Gasteiger partial charge in [0.15, 0.2) is 0 Å². The summed E-state index contributed by atoms with van der Waals surface area (Å²) in [7, 11) is 0. The molecular weight excluding hydrogens is 357 g/mol. The maximum Gasteiger partial charge on any atom is 0.255 e. The predicted octanol–water partition coefficient (Wildman–Crippen LogP) is 3.31. The van der Waals surface area contributed by atoms with Crippen molar-refractivity contribution >= 4 is 11.8 Å². The lowest BCUT2D eigenvalue weighted by Gasteiger charge is -2.15. The quantitative estimate of drug-likeness (QED) is 0.744. The van der Waals surface area contributed by atoms with Crippen molar-refractivity contribution in [2.24, 2.45) is 0 Å². The van der Waals surface area contributed by atoms with Gasteiger partial charge in [0.25, 0.3) is 11.8 Å². The number of rotatable bonds is 5. The Hall–Kier alpha value is -3.54. The molecule has 0 atom stereocenters. The van der Waals surface area contributed by atoms with Gasteiger partial charge in [-0.1, -0.05) is 30.3 Å². The highest BCUT2D eigenvalue weighted by Gasteiger charge is 2.31. The highest BCUT2D eigenvalue weighted by molar-refractivity contribution is 6.09. The summed E-state index contributed by atoms with van der Waals surface area (Å²) in [6, 6.07) is 15.0. The van der Waals surface area contributed by atoms with Crippen LogP contribution in [0.4, 0.5) is 4.39 Å². The van der Waals surface area contributed by atoms with Crippen LogP contribution in [0.3, 0.4) is 0 Å². The fraction of sp³-hybridized carbons (Fsp3) is 0.136. The molecule has 1 N–H and O–H groups in total. The molecule has 5 nitrogen and oxygen atoms in total. The number of nitrogens with zero attached hydrogens (tertiary/aromatic N) is 2. The highest BCUT2D eigenvalue weighted by Crippen LogP contribution is 2.27. The average molecular weight is 375 g/mol. The Labute approximate surface area is 161 Å². The van der Waals surface area contributed by atoms with Gasteiger partial charge in [0, 0.05) is 32.0 Å². The first-order valence-corrected chi connectivity index (χ1v) is 8.94. The van der Waals surface area contributed by atoms with Gasteiger partial charge in [0.2, 0.25) is 0 Å². The normalized spacial score (nSPS) is 12.8. The smallest absolute Gasteiger partial charge is 0.255 e. The van der Waals surface area contributed by atoms with E-state index in [1.807, 2.05) is 18.2 Å². The minimum atomic E-state index is -0.324. The standard InChI is InChI=1S/C22H18FN3O2/c23-18-8-6-15(7-9-18)12-25-21(27)19-5-1-4-17-14-26(22(28)20(17)19)13-16-3-2-10-24-11-16/h1-11H,12-14H2,(H,25,27). The van der Waals surface area contributed by atoms with Crippen LogP contribution in [-0.2, 0) is 19.6 Å². The number of nitrogens with one attached hydrogen (secondary N) is 1. The molecule has 0 aliphatic carbocycles. The maximum absolute atomic E-state index is 13.0. The molecule has 3 aromatic rings. The molecule has 0 bridgehead atoms. The topological polar surface area (TPSA) is 62.3 Å². The third kappa shape index (κ3) is 3.62. The van der Waals surface area contributed by atoms with Crippen molar-refractivity contribution < 1.29 is 14.0 Å². The zero-order chi connectivity index (χ0) is 19.5. The molecule has 0 saturated carbocycles. The van der Waals surface area contributed by atoms with Gasteiger partial charge in [-0.25, -0.2) is 4.39 Å². The summed E-state index contributed by atoms with van der Waals surface area (Å²) in [5, 5.41) is 2.81. The third-order valence-corrected chi connectivity index (χ3v) is 4.72. The predicted molar refractivity (Wildman–Crippen MR) is 102 cm³/mol. The number of fused-ring (bicyclic) bond motifs is 1. The second-order valence-electron chi connectivity index (χ2n) is 6.67. The van der Waals surface area contributed by atoms with Crippen molar-refractivity contribution in [3.8, 4) is 0 Å². The molecule has 6 heteroatoms. The number of benzene rings is 2. The number of hydrogen-bond donors (Lipinski definition) is 1. The van der Waals surface area contributed by atoms with Gasteiger partial charge in [0.1, 0.15) is 5.82 Å². The molecule has 0 radical (unpaired) electrons. The SMILES string of the molecule is O=C(NCc1ccc(F)cc1)c1cccc2c1C(=O)N(Cc1cccnc1)C2. The molecule has 0 spiro atoms. The number of aromatic nitrogens is 1. The minimum Gasteiger partial charge on any atom is -0.348 e. The molecule has 0 fully saturated rings. The largest absolute Gasteiger partial charge is 0.348 e. The van der Waals surface area contributed by atoms with E-state index < -0.39 is 0 Å². The van der Waals surface area contributed by atoms with Gasteiger partial charge < -0.3 is 10.2 Å². The lowest BCUT2D eigenvalue weighted by atomic mass is 10.0. The van der Waals surface area contributed by atoms with Gasteiger partial charge in [-0.05, 0) is 41.0 Å². The number of carbonyl (C=O) groups is 2. The van der Waals surface area contributed by atoms with Crippen molar-refractivity contribution in [1.29, 1.82) is 0 Å². The van der Waals surface area contributed by atoms with Crippen LogP contribution >= 0.6 is 0 Å². The first-order valence-electron chi connectivity index (χ1n) is 8.94. The van der Waals surface area contributed by atoms with E-state index in [-0.39, 0.29) is 24.2 Å². The van der Waals surface area contributed by atoms with Crippen molar-refractivity contribution in [2.45, 2.75) is 19.6 Å². The Balaban J connectivity index is 1.50. The summed E-state index contributed by atoms with van der Waals surface area (Å²) in [5.74, 6) is -0.806. The highest BCUT2D eigenvalue weighted by atomic mass is 19.1. The lowest BCUT2D eigenvalue weighted by molar-refractivity contribution is 0.0761. The van der Waals surface area contributed by atoms with Crippen LogP contribution in [0.15, 0.2) is 67.0 Å². The van der Waals surface area contributed by atoms with Crippen LogP contribution < -0.4 is 5.32 Å². The van der Waals surface area contributed by atoms with Crippen LogP contribution in [0.5, 0.6) is 0 Å². The molecule has 28 heavy (non-hydrogen) atoms. The Morgan fingerprint density at radius 2 is 1.89 bits per heavy atom. The third-order valence-electron chi connectivity index (χ3n) is 4.72. The number of pyridine rings is 1. The Bertz CT molecular complexity index is 1020. The van der Waals surface area contributed by atoms with Gasteiger partial charge in [0.05, 0.1) is 11.1 Å². The van der Waals surface area contributed by atoms with Crippen molar-refractivity contribution in [1.82, 2.24) is 15.2 Å². The number of amides is 2. The van der Waals surface area contributed by atoms with Crippen LogP contribution in [0, 0.1) is 5.82 Å². The summed E-state index contributed by atoms with van der Waals surface area (Å²) in [4.78, 5) is 31.4. The van der Waals surface area contributed by atoms with Gasteiger partial charge in [-0.2, -0.15) is 0 Å². The lowest BCUT2D eigenvalue weighted by Crippen LogP contribution is -2.27. The molecule has 2 amide bonds. The fourth-order valence-electron chi connectivity index (χ4n) is 3.33. The Kier molecular flexibility index (Phi) is 4.85. The molecule has 1 aromatic heterocycles. The second kappa shape index (κ2) is 7.60. The molecule has 1 aliphatic heterocycles. The summed E-state index contributed by atoms with van der Waals surface area (Å²) in [6.45, 7) is 1.16. The monoisotopic (exact) mass is 375 g/mol. The molecule has 2 heterocycles. The minimum absolute atomic E-state index is 0.161. The van der Waals surface area contributed by atoms with Crippen molar-refractivity contribution in [3.05, 3.63) is 101 Å². The molecule has 1 aliphatic rings.